The Bertz CT molecular complexity index is 437. The van der Waals surface area contributed by atoms with Crippen molar-refractivity contribution in [3.05, 3.63) is 23.8 Å². The Morgan fingerprint density at radius 1 is 1.33 bits per heavy atom. The minimum Gasteiger partial charge on any atom is -0.493 e. The minimum atomic E-state index is 0.620. The van der Waals surface area contributed by atoms with Crippen molar-refractivity contribution >= 4 is 0 Å². The maximum Gasteiger partial charge on any atom is 0.164 e. The quantitative estimate of drug-likeness (QED) is 0.838. The molecule has 2 rings (SSSR count). The number of nitrogens with zero attached hydrogens (tertiary/aromatic N) is 1. The highest BCUT2D eigenvalue weighted by atomic mass is 16.5. The summed E-state index contributed by atoms with van der Waals surface area (Å²) in [4.78, 5) is 2.45. The van der Waals surface area contributed by atoms with E-state index in [1.807, 2.05) is 12.1 Å². The second kappa shape index (κ2) is 8.25. The summed E-state index contributed by atoms with van der Waals surface area (Å²) in [5.41, 5.74) is 6.81. The highest BCUT2D eigenvalue weighted by molar-refractivity contribution is 5.46. The Hall–Kier alpha value is -1.26. The molecule has 0 amide bonds. The predicted octanol–water partition coefficient (Wildman–Crippen LogP) is 2.45. The summed E-state index contributed by atoms with van der Waals surface area (Å²) in [6, 6.07) is 6.65. The number of nitrogens with two attached hydrogens (primary N) is 1. The summed E-state index contributed by atoms with van der Waals surface area (Å²) in [5.74, 6) is 1.67. The van der Waals surface area contributed by atoms with Gasteiger partial charge in [-0.1, -0.05) is 18.6 Å². The van der Waals surface area contributed by atoms with Crippen molar-refractivity contribution in [2.24, 2.45) is 5.73 Å². The first-order chi connectivity index (χ1) is 10.3. The van der Waals surface area contributed by atoms with Crippen molar-refractivity contribution in [2.45, 2.75) is 38.1 Å². The van der Waals surface area contributed by atoms with Gasteiger partial charge in [-0.25, -0.2) is 0 Å². The summed E-state index contributed by atoms with van der Waals surface area (Å²) in [6.07, 6.45) is 5.82. The van der Waals surface area contributed by atoms with Gasteiger partial charge in [0, 0.05) is 6.04 Å². The first-order valence-corrected chi connectivity index (χ1v) is 7.95. The average Bonchev–Trinajstić information content (AvgIpc) is 2.50. The van der Waals surface area contributed by atoms with E-state index in [1.54, 1.807) is 7.11 Å². The highest BCUT2D eigenvalue weighted by Gasteiger charge is 2.19. The lowest BCUT2D eigenvalue weighted by atomic mass is 10.0. The molecule has 0 bridgehead atoms. The van der Waals surface area contributed by atoms with E-state index >= 15 is 0 Å². The number of piperidine rings is 1. The molecule has 0 saturated carbocycles. The Kier molecular flexibility index (Phi) is 6.33. The van der Waals surface area contributed by atoms with Gasteiger partial charge in [-0.2, -0.15) is 0 Å². The number of benzene rings is 1. The van der Waals surface area contributed by atoms with Crippen LogP contribution in [0.2, 0.25) is 0 Å². The van der Waals surface area contributed by atoms with E-state index < -0.39 is 0 Å². The zero-order valence-corrected chi connectivity index (χ0v) is 13.3. The van der Waals surface area contributed by atoms with Gasteiger partial charge in [0.25, 0.3) is 0 Å². The van der Waals surface area contributed by atoms with E-state index in [2.05, 4.69) is 18.0 Å². The largest absolute Gasteiger partial charge is 0.493 e. The van der Waals surface area contributed by atoms with Crippen LogP contribution in [0, 0.1) is 0 Å². The molecule has 1 heterocycles. The maximum absolute atomic E-state index is 6.06. The summed E-state index contributed by atoms with van der Waals surface area (Å²) in [5, 5.41) is 0. The first-order valence-electron chi connectivity index (χ1n) is 7.95. The monoisotopic (exact) mass is 292 g/mol. The van der Waals surface area contributed by atoms with E-state index in [0.717, 1.165) is 36.5 Å². The SMILES string of the molecule is COc1cccc(CCN)c1OCCC1CCCCN1C. The molecule has 0 spiro atoms. The number of methoxy groups -OCH3 is 1. The van der Waals surface area contributed by atoms with Crippen LogP contribution >= 0.6 is 0 Å². The van der Waals surface area contributed by atoms with Crippen molar-refractivity contribution in [1.29, 1.82) is 0 Å². The number of likely N-dealkylation sites (tertiary alicyclic amines) is 1. The van der Waals surface area contributed by atoms with Crippen LogP contribution in [0.15, 0.2) is 18.2 Å². The fourth-order valence-corrected chi connectivity index (χ4v) is 3.04. The molecule has 0 aliphatic carbocycles. The number of hydrogen-bond donors (Lipinski definition) is 1. The van der Waals surface area contributed by atoms with Gasteiger partial charge in [-0.05, 0) is 57.5 Å². The third-order valence-corrected chi connectivity index (χ3v) is 4.31. The summed E-state index contributed by atoms with van der Waals surface area (Å²) in [6.45, 7) is 2.56. The fraction of sp³-hybridized carbons (Fsp3) is 0.647. The predicted molar refractivity (Wildman–Crippen MR) is 86.1 cm³/mol. The molecule has 1 fully saturated rings. The molecule has 1 atom stereocenters. The number of hydrogen-bond acceptors (Lipinski definition) is 4. The van der Waals surface area contributed by atoms with Crippen molar-refractivity contribution < 1.29 is 9.47 Å². The highest BCUT2D eigenvalue weighted by Crippen LogP contribution is 2.31. The van der Waals surface area contributed by atoms with Crippen LogP contribution in [-0.4, -0.2) is 44.8 Å². The Morgan fingerprint density at radius 2 is 2.19 bits per heavy atom. The van der Waals surface area contributed by atoms with Crippen LogP contribution in [-0.2, 0) is 6.42 Å². The second-order valence-corrected chi connectivity index (χ2v) is 5.75. The molecular weight excluding hydrogens is 264 g/mol. The van der Waals surface area contributed by atoms with Gasteiger partial charge in [0.05, 0.1) is 13.7 Å². The van der Waals surface area contributed by atoms with Gasteiger partial charge in [0.15, 0.2) is 11.5 Å². The molecule has 21 heavy (non-hydrogen) atoms. The minimum absolute atomic E-state index is 0.620. The molecular formula is C17H28N2O2. The van der Waals surface area contributed by atoms with Crippen LogP contribution in [0.3, 0.4) is 0 Å². The van der Waals surface area contributed by atoms with Gasteiger partial charge in [-0.3, -0.25) is 0 Å². The fourth-order valence-electron chi connectivity index (χ4n) is 3.04. The van der Waals surface area contributed by atoms with Crippen LogP contribution in [0.5, 0.6) is 11.5 Å². The van der Waals surface area contributed by atoms with E-state index in [9.17, 15) is 0 Å². The zero-order chi connectivity index (χ0) is 15.1. The van der Waals surface area contributed by atoms with Gasteiger partial charge in [-0.15, -0.1) is 0 Å². The normalized spacial score (nSPS) is 19.5. The van der Waals surface area contributed by atoms with Crippen molar-refractivity contribution in [2.75, 3.05) is 33.9 Å². The molecule has 0 aromatic heterocycles. The molecule has 1 unspecified atom stereocenters. The lowest BCUT2D eigenvalue weighted by Gasteiger charge is -2.32. The number of rotatable bonds is 7. The van der Waals surface area contributed by atoms with Gasteiger partial charge in [0.2, 0.25) is 0 Å². The van der Waals surface area contributed by atoms with E-state index in [-0.39, 0.29) is 0 Å². The number of ether oxygens (including phenoxy) is 2. The van der Waals surface area contributed by atoms with Gasteiger partial charge < -0.3 is 20.1 Å². The molecule has 0 radical (unpaired) electrons. The van der Waals surface area contributed by atoms with Crippen molar-refractivity contribution in [3.8, 4) is 11.5 Å². The maximum atomic E-state index is 6.06. The Morgan fingerprint density at radius 3 is 2.90 bits per heavy atom. The first kappa shape index (κ1) is 16.1. The van der Waals surface area contributed by atoms with Gasteiger partial charge in [0.1, 0.15) is 0 Å². The molecule has 4 nitrogen and oxygen atoms in total. The second-order valence-electron chi connectivity index (χ2n) is 5.75. The molecule has 1 aromatic rings. The van der Waals surface area contributed by atoms with E-state index in [4.69, 9.17) is 15.2 Å². The van der Waals surface area contributed by atoms with E-state index in [0.29, 0.717) is 12.6 Å². The third-order valence-electron chi connectivity index (χ3n) is 4.31. The third kappa shape index (κ3) is 4.35. The zero-order valence-electron chi connectivity index (χ0n) is 13.3. The molecule has 1 saturated heterocycles. The summed E-state index contributed by atoms with van der Waals surface area (Å²) >= 11 is 0. The molecule has 1 aliphatic rings. The summed E-state index contributed by atoms with van der Waals surface area (Å²) < 4.78 is 11.5. The van der Waals surface area contributed by atoms with E-state index in [1.165, 1.54) is 25.8 Å². The molecule has 1 aliphatic heterocycles. The standard InChI is InChI=1S/C17H28N2O2/c1-19-12-4-3-7-15(19)10-13-21-17-14(9-11-18)6-5-8-16(17)20-2/h5-6,8,15H,3-4,7,9-13,18H2,1-2H3. The average molecular weight is 292 g/mol. The molecule has 1 aromatic carbocycles. The van der Waals surface area contributed by atoms with Crippen molar-refractivity contribution in [3.63, 3.8) is 0 Å². The molecule has 2 N–H and O–H groups in total. The van der Waals surface area contributed by atoms with Crippen LogP contribution < -0.4 is 15.2 Å². The lowest BCUT2D eigenvalue weighted by Crippen LogP contribution is -2.37. The number of para-hydroxylation sites is 1. The Labute approximate surface area is 128 Å². The lowest BCUT2D eigenvalue weighted by molar-refractivity contribution is 0.151. The van der Waals surface area contributed by atoms with Crippen LogP contribution in [0.4, 0.5) is 0 Å². The summed E-state index contributed by atoms with van der Waals surface area (Å²) in [7, 11) is 3.90. The topological polar surface area (TPSA) is 47.7 Å². The van der Waals surface area contributed by atoms with Gasteiger partial charge >= 0.3 is 0 Å². The Balaban J connectivity index is 1.95. The van der Waals surface area contributed by atoms with Crippen LogP contribution in [0.1, 0.15) is 31.2 Å². The van der Waals surface area contributed by atoms with Crippen LogP contribution in [0.25, 0.3) is 0 Å². The molecule has 4 heteroatoms. The smallest absolute Gasteiger partial charge is 0.164 e. The molecule has 118 valence electrons. The van der Waals surface area contributed by atoms with Crippen molar-refractivity contribution in [1.82, 2.24) is 4.90 Å².